The molecule has 4 rings (SSSR count). The van der Waals surface area contributed by atoms with Gasteiger partial charge in [0.2, 0.25) is 5.76 Å². The molecule has 0 radical (unpaired) electrons. The SMILES string of the molecule is CCCCCCN1C(=O)/C(=C/c2ccc(OC(=O)c3oc4ccccc4c3C)cc2)SC1=S. The maximum Gasteiger partial charge on any atom is 0.379 e. The van der Waals surface area contributed by atoms with Gasteiger partial charge < -0.3 is 9.15 Å². The maximum atomic E-state index is 12.7. The number of carbonyl (C=O) groups is 2. The van der Waals surface area contributed by atoms with Crippen LogP contribution >= 0.6 is 24.0 Å². The van der Waals surface area contributed by atoms with Crippen molar-refractivity contribution in [2.75, 3.05) is 6.54 Å². The molecule has 0 bridgehead atoms. The smallest absolute Gasteiger partial charge is 0.379 e. The van der Waals surface area contributed by atoms with Crippen molar-refractivity contribution in [3.05, 3.63) is 70.3 Å². The summed E-state index contributed by atoms with van der Waals surface area (Å²) in [4.78, 5) is 27.6. The van der Waals surface area contributed by atoms with Gasteiger partial charge >= 0.3 is 5.97 Å². The van der Waals surface area contributed by atoms with E-state index in [1.165, 1.54) is 11.8 Å². The van der Waals surface area contributed by atoms with E-state index in [-0.39, 0.29) is 11.7 Å². The predicted molar refractivity (Wildman–Crippen MR) is 136 cm³/mol. The van der Waals surface area contributed by atoms with Crippen LogP contribution in [0.25, 0.3) is 17.0 Å². The molecule has 7 heteroatoms. The Balaban J connectivity index is 1.41. The highest BCUT2D eigenvalue weighted by Gasteiger charge is 2.31. The molecule has 1 fully saturated rings. The highest BCUT2D eigenvalue weighted by Crippen LogP contribution is 2.33. The van der Waals surface area contributed by atoms with E-state index in [2.05, 4.69) is 6.92 Å². The summed E-state index contributed by atoms with van der Waals surface area (Å²) < 4.78 is 11.8. The molecule has 1 saturated heterocycles. The van der Waals surface area contributed by atoms with Crippen LogP contribution in [0.3, 0.4) is 0 Å². The summed E-state index contributed by atoms with van der Waals surface area (Å²) in [5.74, 6) is 0.0149. The Morgan fingerprint density at radius 3 is 2.61 bits per heavy atom. The first-order valence-corrected chi connectivity index (χ1v) is 12.3. The molecule has 0 saturated carbocycles. The number of rotatable bonds is 8. The number of furan rings is 1. The number of benzene rings is 2. The van der Waals surface area contributed by atoms with Crippen molar-refractivity contribution < 1.29 is 18.7 Å². The second-order valence-corrected chi connectivity index (χ2v) is 9.58. The fourth-order valence-corrected chi connectivity index (χ4v) is 5.00. The molecule has 1 aromatic heterocycles. The van der Waals surface area contributed by atoms with Crippen LogP contribution in [0.15, 0.2) is 57.9 Å². The fraction of sp³-hybridized carbons (Fsp3) is 0.269. The highest BCUT2D eigenvalue weighted by atomic mass is 32.2. The number of amides is 1. The van der Waals surface area contributed by atoms with E-state index in [9.17, 15) is 9.59 Å². The first-order chi connectivity index (χ1) is 16.0. The summed E-state index contributed by atoms with van der Waals surface area (Å²) in [5.41, 5.74) is 2.24. The molecule has 5 nitrogen and oxygen atoms in total. The van der Waals surface area contributed by atoms with Crippen molar-refractivity contribution in [2.24, 2.45) is 0 Å². The zero-order chi connectivity index (χ0) is 23.4. The first-order valence-electron chi connectivity index (χ1n) is 11.0. The lowest BCUT2D eigenvalue weighted by Gasteiger charge is -2.13. The molecule has 33 heavy (non-hydrogen) atoms. The number of thioether (sulfide) groups is 1. The Labute approximate surface area is 202 Å². The van der Waals surface area contributed by atoms with Gasteiger partial charge in [0.25, 0.3) is 5.91 Å². The van der Waals surface area contributed by atoms with Crippen molar-refractivity contribution in [3.63, 3.8) is 0 Å². The third-order valence-corrected chi connectivity index (χ3v) is 6.90. The minimum Gasteiger partial charge on any atom is -0.449 e. The number of fused-ring (bicyclic) bond motifs is 1. The van der Waals surface area contributed by atoms with Crippen molar-refractivity contribution in [1.82, 2.24) is 4.90 Å². The van der Waals surface area contributed by atoms with Crippen LogP contribution in [0.4, 0.5) is 0 Å². The van der Waals surface area contributed by atoms with Gasteiger partial charge in [-0.15, -0.1) is 0 Å². The summed E-state index contributed by atoms with van der Waals surface area (Å²) in [5, 5.41) is 0.891. The molecule has 2 heterocycles. The van der Waals surface area contributed by atoms with E-state index in [0.717, 1.165) is 42.2 Å². The molecule has 2 aromatic carbocycles. The van der Waals surface area contributed by atoms with Crippen LogP contribution in [0.2, 0.25) is 0 Å². The average molecular weight is 480 g/mol. The summed E-state index contributed by atoms with van der Waals surface area (Å²) in [7, 11) is 0. The Bertz CT molecular complexity index is 1230. The first kappa shape index (κ1) is 23.3. The second kappa shape index (κ2) is 10.4. The number of aryl methyl sites for hydroxylation is 1. The van der Waals surface area contributed by atoms with Crippen LogP contribution < -0.4 is 4.74 Å². The Hall–Kier alpha value is -2.90. The lowest BCUT2D eigenvalue weighted by atomic mass is 10.1. The maximum absolute atomic E-state index is 12.7. The van der Waals surface area contributed by atoms with E-state index in [1.54, 1.807) is 17.0 Å². The summed E-state index contributed by atoms with van der Waals surface area (Å²) in [6, 6.07) is 14.5. The third kappa shape index (κ3) is 5.20. The lowest BCUT2D eigenvalue weighted by molar-refractivity contribution is -0.122. The summed E-state index contributed by atoms with van der Waals surface area (Å²) in [6.07, 6.45) is 6.19. The van der Waals surface area contributed by atoms with Crippen LogP contribution in [-0.2, 0) is 4.79 Å². The number of carbonyl (C=O) groups excluding carboxylic acids is 2. The summed E-state index contributed by atoms with van der Waals surface area (Å²) in [6.45, 7) is 4.66. The number of nitrogens with zero attached hydrogens (tertiary/aromatic N) is 1. The molecule has 0 spiro atoms. The fourth-order valence-electron chi connectivity index (χ4n) is 3.70. The lowest BCUT2D eigenvalue weighted by Crippen LogP contribution is -2.28. The molecule has 1 aliphatic rings. The number of hydrogen-bond acceptors (Lipinski definition) is 6. The van der Waals surface area contributed by atoms with Crippen molar-refractivity contribution in [1.29, 1.82) is 0 Å². The van der Waals surface area contributed by atoms with Crippen molar-refractivity contribution in [2.45, 2.75) is 39.5 Å². The minimum absolute atomic E-state index is 0.0441. The van der Waals surface area contributed by atoms with E-state index in [0.29, 0.717) is 27.1 Å². The zero-order valence-corrected chi connectivity index (χ0v) is 20.3. The van der Waals surface area contributed by atoms with Crippen LogP contribution in [0.1, 0.15) is 54.3 Å². The molecule has 0 unspecified atom stereocenters. The van der Waals surface area contributed by atoms with Gasteiger partial charge in [0, 0.05) is 17.5 Å². The Kier molecular flexibility index (Phi) is 7.30. The van der Waals surface area contributed by atoms with Crippen molar-refractivity contribution in [3.8, 4) is 5.75 Å². The topological polar surface area (TPSA) is 59.8 Å². The van der Waals surface area contributed by atoms with E-state index in [1.807, 2.05) is 49.4 Å². The van der Waals surface area contributed by atoms with Crippen LogP contribution in [0.5, 0.6) is 5.75 Å². The van der Waals surface area contributed by atoms with Gasteiger partial charge in [-0.1, -0.05) is 80.5 Å². The highest BCUT2D eigenvalue weighted by molar-refractivity contribution is 8.26. The van der Waals surface area contributed by atoms with Gasteiger partial charge in [-0.3, -0.25) is 9.69 Å². The van der Waals surface area contributed by atoms with Gasteiger partial charge in [-0.05, 0) is 43.2 Å². The molecule has 0 aliphatic carbocycles. The summed E-state index contributed by atoms with van der Waals surface area (Å²) >= 11 is 6.73. The van der Waals surface area contributed by atoms with Gasteiger partial charge in [0.15, 0.2) is 0 Å². The minimum atomic E-state index is -0.541. The number of unbranched alkanes of at least 4 members (excludes halogenated alkanes) is 3. The molecule has 0 N–H and O–H groups in total. The number of esters is 1. The molecule has 170 valence electrons. The predicted octanol–water partition coefficient (Wildman–Crippen LogP) is 6.74. The van der Waals surface area contributed by atoms with Gasteiger partial charge in [0.1, 0.15) is 15.7 Å². The number of ether oxygens (including phenoxy) is 1. The normalized spacial score (nSPS) is 15.1. The quantitative estimate of drug-likeness (QED) is 0.117. The Morgan fingerprint density at radius 2 is 1.88 bits per heavy atom. The van der Waals surface area contributed by atoms with Crippen LogP contribution in [0, 0.1) is 6.92 Å². The monoisotopic (exact) mass is 479 g/mol. The molecular formula is C26H25NO4S2. The number of thiocarbonyl (C=S) groups is 1. The number of hydrogen-bond donors (Lipinski definition) is 0. The van der Waals surface area contributed by atoms with E-state index < -0.39 is 5.97 Å². The van der Waals surface area contributed by atoms with Gasteiger partial charge in [0.05, 0.1) is 4.91 Å². The molecular weight excluding hydrogens is 454 g/mol. The van der Waals surface area contributed by atoms with Crippen molar-refractivity contribution >= 4 is 57.2 Å². The van der Waals surface area contributed by atoms with Crippen LogP contribution in [-0.4, -0.2) is 27.6 Å². The van der Waals surface area contributed by atoms with Gasteiger partial charge in [-0.25, -0.2) is 4.79 Å². The number of para-hydroxylation sites is 1. The molecule has 0 atom stereocenters. The van der Waals surface area contributed by atoms with Gasteiger partial charge in [-0.2, -0.15) is 0 Å². The second-order valence-electron chi connectivity index (χ2n) is 7.90. The van der Waals surface area contributed by atoms with E-state index >= 15 is 0 Å². The largest absolute Gasteiger partial charge is 0.449 e. The standard InChI is InChI=1S/C26H25NO4S2/c1-3-4-5-8-15-27-24(28)22(33-26(27)32)16-18-11-13-19(14-12-18)30-25(29)23-17(2)20-9-6-7-10-21(20)31-23/h6-7,9-14,16H,3-5,8,15H2,1-2H3/b22-16-. The average Bonchev–Trinajstić information content (AvgIpc) is 3.29. The molecule has 3 aromatic rings. The molecule has 1 aliphatic heterocycles. The van der Waals surface area contributed by atoms with E-state index in [4.69, 9.17) is 21.4 Å². The zero-order valence-electron chi connectivity index (χ0n) is 18.6. The molecule has 1 amide bonds. The Morgan fingerprint density at radius 1 is 1.12 bits per heavy atom. The third-order valence-electron chi connectivity index (χ3n) is 5.53.